The minimum atomic E-state index is -0.165. The maximum Gasteiger partial charge on any atom is 0.278 e. The van der Waals surface area contributed by atoms with Gasteiger partial charge in [-0.1, -0.05) is 31.2 Å². The Kier molecular flexibility index (Phi) is 3.73. The fourth-order valence-corrected chi connectivity index (χ4v) is 4.22. The molecule has 4 nitrogen and oxygen atoms in total. The highest BCUT2D eigenvalue weighted by Gasteiger charge is 2.43. The van der Waals surface area contributed by atoms with Crippen molar-refractivity contribution in [1.82, 2.24) is 4.90 Å². The van der Waals surface area contributed by atoms with Gasteiger partial charge in [-0.15, -0.1) is 11.3 Å². The number of carbonyl (C=O) groups is 2. The summed E-state index contributed by atoms with van der Waals surface area (Å²) >= 11 is 1.51. The molecule has 24 heavy (non-hydrogen) atoms. The van der Waals surface area contributed by atoms with Crippen molar-refractivity contribution in [3.8, 4) is 0 Å². The van der Waals surface area contributed by atoms with Crippen molar-refractivity contribution in [1.29, 1.82) is 0 Å². The standard InChI is InChI=1S/C19H18N2O2S/c1-2-10-21-18(22)16(15-8-5-12-24-15)17(19(21)23)20-11-9-13-6-3-4-7-14(13)20/h3-8,12H,2,9-11H2,1H3. The van der Waals surface area contributed by atoms with Crippen LogP contribution in [0.15, 0.2) is 47.5 Å². The van der Waals surface area contributed by atoms with Gasteiger partial charge in [-0.25, -0.2) is 0 Å². The molecule has 0 saturated carbocycles. The fourth-order valence-electron chi connectivity index (χ4n) is 3.45. The van der Waals surface area contributed by atoms with Crippen molar-refractivity contribution < 1.29 is 9.59 Å². The number of nitrogens with zero attached hydrogens (tertiary/aromatic N) is 2. The van der Waals surface area contributed by atoms with Crippen molar-refractivity contribution in [3.63, 3.8) is 0 Å². The van der Waals surface area contributed by atoms with Gasteiger partial charge in [-0.3, -0.25) is 14.5 Å². The smallest absolute Gasteiger partial charge is 0.278 e. The third-order valence-corrected chi connectivity index (χ3v) is 5.40. The minimum absolute atomic E-state index is 0.163. The molecular weight excluding hydrogens is 320 g/mol. The van der Waals surface area contributed by atoms with E-state index in [1.54, 1.807) is 0 Å². The van der Waals surface area contributed by atoms with Gasteiger partial charge in [0.15, 0.2) is 0 Å². The Morgan fingerprint density at radius 1 is 1.08 bits per heavy atom. The van der Waals surface area contributed by atoms with Crippen molar-refractivity contribution in [2.45, 2.75) is 19.8 Å². The van der Waals surface area contributed by atoms with Crippen LogP contribution in [0.2, 0.25) is 0 Å². The third-order valence-electron chi connectivity index (χ3n) is 4.52. The summed E-state index contributed by atoms with van der Waals surface area (Å²) in [7, 11) is 0. The molecule has 1 aromatic heterocycles. The van der Waals surface area contributed by atoms with Gasteiger partial charge in [0.05, 0.1) is 5.57 Å². The molecule has 0 aliphatic carbocycles. The van der Waals surface area contributed by atoms with E-state index in [2.05, 4.69) is 6.07 Å². The first kappa shape index (κ1) is 15.1. The summed E-state index contributed by atoms with van der Waals surface area (Å²) in [6.07, 6.45) is 1.66. The lowest BCUT2D eigenvalue weighted by Gasteiger charge is -2.21. The first-order valence-corrected chi connectivity index (χ1v) is 9.10. The molecule has 0 radical (unpaired) electrons. The Balaban J connectivity index is 1.86. The van der Waals surface area contributed by atoms with Gasteiger partial charge in [0, 0.05) is 23.7 Å². The number of para-hydroxylation sites is 1. The molecule has 0 spiro atoms. The number of rotatable bonds is 4. The second kappa shape index (κ2) is 5.91. The van der Waals surface area contributed by atoms with Gasteiger partial charge in [0.1, 0.15) is 5.70 Å². The molecule has 0 N–H and O–H groups in total. The molecule has 0 fully saturated rings. The van der Waals surface area contributed by atoms with Crippen LogP contribution in [-0.2, 0) is 16.0 Å². The predicted molar refractivity (Wildman–Crippen MR) is 95.7 cm³/mol. The topological polar surface area (TPSA) is 40.6 Å². The molecule has 2 aliphatic heterocycles. The van der Waals surface area contributed by atoms with E-state index in [0.29, 0.717) is 17.8 Å². The number of hydrogen-bond acceptors (Lipinski definition) is 4. The Hall–Kier alpha value is -2.40. The van der Waals surface area contributed by atoms with Gasteiger partial charge in [-0.05, 0) is 35.9 Å². The van der Waals surface area contributed by atoms with Gasteiger partial charge < -0.3 is 4.90 Å². The highest BCUT2D eigenvalue weighted by atomic mass is 32.1. The number of thiophene rings is 1. The largest absolute Gasteiger partial charge is 0.336 e. The zero-order valence-corrected chi connectivity index (χ0v) is 14.3. The van der Waals surface area contributed by atoms with Crippen molar-refractivity contribution in [2.75, 3.05) is 18.0 Å². The molecule has 4 rings (SSSR count). The minimum Gasteiger partial charge on any atom is -0.336 e. The third kappa shape index (κ3) is 2.19. The van der Waals surface area contributed by atoms with E-state index < -0.39 is 0 Å². The number of carbonyl (C=O) groups excluding carboxylic acids is 2. The molecule has 122 valence electrons. The van der Waals surface area contributed by atoms with Gasteiger partial charge >= 0.3 is 0 Å². The van der Waals surface area contributed by atoms with Gasteiger partial charge in [0.2, 0.25) is 0 Å². The summed E-state index contributed by atoms with van der Waals surface area (Å²) in [6.45, 7) is 3.18. The van der Waals surface area contributed by atoms with Crippen LogP contribution in [0.5, 0.6) is 0 Å². The second-order valence-electron chi connectivity index (χ2n) is 5.99. The predicted octanol–water partition coefficient (Wildman–Crippen LogP) is 3.30. The summed E-state index contributed by atoms with van der Waals surface area (Å²) < 4.78 is 0. The Bertz CT molecular complexity index is 839. The summed E-state index contributed by atoms with van der Waals surface area (Å²) in [5.41, 5.74) is 3.37. The van der Waals surface area contributed by atoms with E-state index in [9.17, 15) is 9.59 Å². The highest BCUT2D eigenvalue weighted by molar-refractivity contribution is 7.11. The van der Waals surface area contributed by atoms with Crippen molar-refractivity contribution in [3.05, 3.63) is 57.9 Å². The van der Waals surface area contributed by atoms with Crippen LogP contribution in [-0.4, -0.2) is 29.8 Å². The fraction of sp³-hybridized carbons (Fsp3) is 0.263. The molecule has 2 aromatic rings. The molecule has 0 bridgehead atoms. The maximum absolute atomic E-state index is 13.0. The number of amides is 2. The Morgan fingerprint density at radius 2 is 1.92 bits per heavy atom. The zero-order valence-electron chi connectivity index (χ0n) is 13.5. The maximum atomic E-state index is 13.0. The van der Waals surface area contributed by atoms with Crippen molar-refractivity contribution >= 4 is 34.4 Å². The zero-order chi connectivity index (χ0) is 16.7. The first-order chi connectivity index (χ1) is 11.7. The number of benzene rings is 1. The highest BCUT2D eigenvalue weighted by Crippen LogP contribution is 2.39. The first-order valence-electron chi connectivity index (χ1n) is 8.22. The molecule has 5 heteroatoms. The van der Waals surface area contributed by atoms with Crippen LogP contribution in [0.3, 0.4) is 0 Å². The summed E-state index contributed by atoms with van der Waals surface area (Å²) in [4.78, 5) is 30.2. The monoisotopic (exact) mass is 338 g/mol. The lowest BCUT2D eigenvalue weighted by Crippen LogP contribution is -2.35. The SMILES string of the molecule is CCCN1C(=O)C(c2cccs2)=C(N2CCc3ccccc32)C1=O. The van der Waals surface area contributed by atoms with Crippen LogP contribution in [0.1, 0.15) is 23.8 Å². The number of hydrogen-bond donors (Lipinski definition) is 0. The van der Waals surface area contributed by atoms with Gasteiger partial charge in [-0.2, -0.15) is 0 Å². The molecular formula is C19H18N2O2S. The normalized spacial score (nSPS) is 17.2. The molecule has 0 atom stereocenters. The van der Waals surface area contributed by atoms with E-state index in [0.717, 1.165) is 30.0 Å². The van der Waals surface area contributed by atoms with E-state index in [4.69, 9.17) is 0 Å². The lowest BCUT2D eigenvalue weighted by atomic mass is 10.1. The number of anilines is 1. The lowest BCUT2D eigenvalue weighted by molar-refractivity contribution is -0.136. The van der Waals surface area contributed by atoms with Crippen LogP contribution < -0.4 is 4.90 Å². The molecule has 2 amide bonds. The Labute approximate surface area is 145 Å². The van der Waals surface area contributed by atoms with Crippen molar-refractivity contribution in [2.24, 2.45) is 0 Å². The summed E-state index contributed by atoms with van der Waals surface area (Å²) in [5.74, 6) is -0.328. The average molecular weight is 338 g/mol. The molecule has 0 saturated heterocycles. The molecule has 1 aromatic carbocycles. The molecule has 3 heterocycles. The average Bonchev–Trinajstić information content (AvgIpc) is 3.29. The number of imide groups is 1. The summed E-state index contributed by atoms with van der Waals surface area (Å²) in [6, 6.07) is 12.0. The van der Waals surface area contributed by atoms with Crippen LogP contribution in [0.25, 0.3) is 5.57 Å². The second-order valence-corrected chi connectivity index (χ2v) is 6.94. The van der Waals surface area contributed by atoms with Crippen LogP contribution >= 0.6 is 11.3 Å². The van der Waals surface area contributed by atoms with E-state index in [-0.39, 0.29) is 11.8 Å². The summed E-state index contributed by atoms with van der Waals surface area (Å²) in [5, 5.41) is 1.94. The quantitative estimate of drug-likeness (QED) is 0.803. The van der Waals surface area contributed by atoms with Crippen LogP contribution in [0.4, 0.5) is 5.69 Å². The van der Waals surface area contributed by atoms with E-state index >= 15 is 0 Å². The molecule has 2 aliphatic rings. The molecule has 0 unspecified atom stereocenters. The van der Waals surface area contributed by atoms with E-state index in [1.165, 1.54) is 21.8 Å². The van der Waals surface area contributed by atoms with Crippen LogP contribution in [0, 0.1) is 0 Å². The Morgan fingerprint density at radius 3 is 2.67 bits per heavy atom. The van der Waals surface area contributed by atoms with E-state index in [1.807, 2.05) is 47.5 Å². The van der Waals surface area contributed by atoms with Gasteiger partial charge in [0.25, 0.3) is 11.8 Å². The number of fused-ring (bicyclic) bond motifs is 1.